The summed E-state index contributed by atoms with van der Waals surface area (Å²) in [6.45, 7) is 0.347. The fourth-order valence-electron chi connectivity index (χ4n) is 1.25. The first-order valence-electron chi connectivity index (χ1n) is 4.98. The van der Waals surface area contributed by atoms with Crippen LogP contribution in [0.3, 0.4) is 0 Å². The van der Waals surface area contributed by atoms with Gasteiger partial charge in [-0.1, -0.05) is 11.1 Å². The molecular weight excluding hydrogens is 258 g/mol. The normalized spacial score (nSPS) is 10.2. The van der Waals surface area contributed by atoms with Crippen LogP contribution in [0.15, 0.2) is 23.8 Å². The molecule has 94 valence electrons. The van der Waals surface area contributed by atoms with Gasteiger partial charge in [-0.05, 0) is 16.4 Å². The van der Waals surface area contributed by atoms with Gasteiger partial charge in [0.25, 0.3) is 0 Å². The summed E-state index contributed by atoms with van der Waals surface area (Å²) in [5.41, 5.74) is 0. The van der Waals surface area contributed by atoms with Gasteiger partial charge in [-0.15, -0.1) is 11.3 Å². The molecule has 8 nitrogen and oxygen atoms in total. The molecule has 0 saturated carbocycles. The van der Waals surface area contributed by atoms with Gasteiger partial charge in [-0.3, -0.25) is 4.79 Å². The summed E-state index contributed by atoms with van der Waals surface area (Å²) in [7, 11) is 0. The molecular formula is C9H9N5O3S. The van der Waals surface area contributed by atoms with Crippen molar-refractivity contribution in [3.63, 3.8) is 0 Å². The number of nitrogens with one attached hydrogen (secondary N) is 1. The average molecular weight is 267 g/mol. The second-order valence-electron chi connectivity index (χ2n) is 3.36. The number of nitrogens with zero attached hydrogens (tertiary/aromatic N) is 4. The molecule has 0 bridgehead atoms. The van der Waals surface area contributed by atoms with Gasteiger partial charge < -0.3 is 15.4 Å². The number of carbonyl (C=O) groups excluding carboxylic acids is 1. The van der Waals surface area contributed by atoms with Gasteiger partial charge in [0, 0.05) is 9.98 Å². The van der Waals surface area contributed by atoms with Crippen molar-refractivity contribution >= 4 is 23.2 Å². The fourth-order valence-corrected chi connectivity index (χ4v) is 1.89. The predicted molar refractivity (Wildman–Crippen MR) is 62.8 cm³/mol. The molecule has 9 heteroatoms. The van der Waals surface area contributed by atoms with Crippen molar-refractivity contribution in [3.05, 3.63) is 38.8 Å². The first-order valence-corrected chi connectivity index (χ1v) is 5.86. The van der Waals surface area contributed by atoms with E-state index < -0.39 is 10.9 Å². The molecule has 0 aliphatic rings. The van der Waals surface area contributed by atoms with E-state index in [1.807, 2.05) is 17.5 Å². The SMILES string of the molecule is O=C(Cn1cnc([N+](=O)[O-])n1)NCc1cccs1. The third-order valence-electron chi connectivity index (χ3n) is 2.03. The molecule has 0 unspecified atom stereocenters. The van der Waals surface area contributed by atoms with Crippen LogP contribution in [0.1, 0.15) is 4.88 Å². The number of rotatable bonds is 5. The lowest BCUT2D eigenvalue weighted by Gasteiger charge is -2.01. The first-order chi connectivity index (χ1) is 8.65. The van der Waals surface area contributed by atoms with E-state index in [1.165, 1.54) is 0 Å². The van der Waals surface area contributed by atoms with Gasteiger partial charge in [0.1, 0.15) is 6.54 Å². The second-order valence-corrected chi connectivity index (χ2v) is 4.39. The van der Waals surface area contributed by atoms with E-state index in [-0.39, 0.29) is 12.5 Å². The maximum absolute atomic E-state index is 11.5. The number of amides is 1. The first kappa shape index (κ1) is 12.2. The van der Waals surface area contributed by atoms with E-state index in [4.69, 9.17) is 0 Å². The molecule has 0 atom stereocenters. The predicted octanol–water partition coefficient (Wildman–Crippen LogP) is 0.564. The molecule has 18 heavy (non-hydrogen) atoms. The smallest absolute Gasteiger partial charge is 0.390 e. The van der Waals surface area contributed by atoms with Gasteiger partial charge in [-0.2, -0.15) is 4.68 Å². The summed E-state index contributed by atoms with van der Waals surface area (Å²) in [5, 5.41) is 18.5. The molecule has 0 saturated heterocycles. The number of aromatic nitrogens is 3. The molecule has 2 heterocycles. The van der Waals surface area contributed by atoms with Crippen LogP contribution in [-0.2, 0) is 17.9 Å². The van der Waals surface area contributed by atoms with Crippen LogP contribution in [0.25, 0.3) is 0 Å². The lowest BCUT2D eigenvalue weighted by molar-refractivity contribution is -0.394. The maximum atomic E-state index is 11.5. The number of hydrogen-bond acceptors (Lipinski definition) is 6. The van der Waals surface area contributed by atoms with Crippen LogP contribution in [0.2, 0.25) is 0 Å². The van der Waals surface area contributed by atoms with E-state index in [0.717, 1.165) is 15.9 Å². The molecule has 0 fully saturated rings. The summed E-state index contributed by atoms with van der Waals surface area (Å²) in [5.74, 6) is -0.788. The minimum absolute atomic E-state index is 0.0911. The maximum Gasteiger partial charge on any atom is 0.490 e. The third-order valence-corrected chi connectivity index (χ3v) is 2.91. The molecule has 2 aromatic heterocycles. The van der Waals surface area contributed by atoms with Gasteiger partial charge >= 0.3 is 5.95 Å². The van der Waals surface area contributed by atoms with Crippen molar-refractivity contribution in [1.29, 1.82) is 0 Å². The monoisotopic (exact) mass is 267 g/mol. The molecule has 0 aliphatic heterocycles. The summed E-state index contributed by atoms with van der Waals surface area (Å²) >= 11 is 1.54. The molecule has 1 amide bonds. The largest absolute Gasteiger partial charge is 0.490 e. The molecule has 2 rings (SSSR count). The Morgan fingerprint density at radius 1 is 1.61 bits per heavy atom. The zero-order valence-corrected chi connectivity index (χ0v) is 9.96. The van der Waals surface area contributed by atoms with Crippen LogP contribution >= 0.6 is 11.3 Å². The van der Waals surface area contributed by atoms with Crippen molar-refractivity contribution < 1.29 is 9.72 Å². The Kier molecular flexibility index (Phi) is 3.63. The highest BCUT2D eigenvalue weighted by molar-refractivity contribution is 7.09. The lowest BCUT2D eigenvalue weighted by atomic mass is 10.4. The fraction of sp³-hybridized carbons (Fsp3) is 0.222. The molecule has 0 aromatic carbocycles. The molecule has 0 radical (unpaired) electrons. The van der Waals surface area contributed by atoms with Crippen LogP contribution in [0.4, 0.5) is 5.95 Å². The number of carbonyl (C=O) groups is 1. The van der Waals surface area contributed by atoms with Crippen molar-refractivity contribution in [2.24, 2.45) is 0 Å². The van der Waals surface area contributed by atoms with E-state index in [9.17, 15) is 14.9 Å². The summed E-state index contributed by atoms with van der Waals surface area (Å²) in [6, 6.07) is 3.80. The van der Waals surface area contributed by atoms with Crippen LogP contribution < -0.4 is 5.32 Å². The summed E-state index contributed by atoms with van der Waals surface area (Å²) < 4.78 is 1.13. The Hall–Kier alpha value is -2.29. The Morgan fingerprint density at radius 3 is 3.06 bits per heavy atom. The zero-order chi connectivity index (χ0) is 13.0. The highest BCUT2D eigenvalue weighted by Crippen LogP contribution is 2.07. The van der Waals surface area contributed by atoms with E-state index >= 15 is 0 Å². The Balaban J connectivity index is 1.85. The summed E-state index contributed by atoms with van der Waals surface area (Å²) in [4.78, 5) is 25.7. The standard InChI is InChI=1S/C9H9N5O3S/c15-8(10-4-7-2-1-3-18-7)5-13-6-11-9(12-13)14(16)17/h1-3,6H,4-5H2,(H,10,15). The second kappa shape index (κ2) is 5.36. The highest BCUT2D eigenvalue weighted by atomic mass is 32.1. The van der Waals surface area contributed by atoms with Crippen molar-refractivity contribution in [1.82, 2.24) is 20.1 Å². The van der Waals surface area contributed by atoms with Crippen LogP contribution in [-0.4, -0.2) is 25.6 Å². The van der Waals surface area contributed by atoms with Gasteiger partial charge in [0.2, 0.25) is 12.2 Å². The van der Waals surface area contributed by atoms with E-state index in [0.29, 0.717) is 6.54 Å². The van der Waals surface area contributed by atoms with E-state index in [2.05, 4.69) is 15.4 Å². The zero-order valence-electron chi connectivity index (χ0n) is 9.15. The molecule has 2 aromatic rings. The number of hydrogen-bond donors (Lipinski definition) is 1. The van der Waals surface area contributed by atoms with Crippen LogP contribution in [0.5, 0.6) is 0 Å². The van der Waals surface area contributed by atoms with Gasteiger partial charge in [0.05, 0.1) is 6.54 Å². The number of thiophene rings is 1. The van der Waals surface area contributed by atoms with Gasteiger partial charge in [0.15, 0.2) is 0 Å². The van der Waals surface area contributed by atoms with Gasteiger partial charge in [-0.25, -0.2) is 0 Å². The van der Waals surface area contributed by atoms with Crippen molar-refractivity contribution in [2.75, 3.05) is 0 Å². The minimum Gasteiger partial charge on any atom is -0.390 e. The number of nitro groups is 1. The quantitative estimate of drug-likeness (QED) is 0.630. The van der Waals surface area contributed by atoms with E-state index in [1.54, 1.807) is 11.3 Å². The topological polar surface area (TPSA) is 103 Å². The van der Waals surface area contributed by atoms with Crippen molar-refractivity contribution in [2.45, 2.75) is 13.1 Å². The Morgan fingerprint density at radius 2 is 2.44 bits per heavy atom. The van der Waals surface area contributed by atoms with Crippen molar-refractivity contribution in [3.8, 4) is 0 Å². The minimum atomic E-state index is -0.708. The highest BCUT2D eigenvalue weighted by Gasteiger charge is 2.14. The molecule has 1 N–H and O–H groups in total. The average Bonchev–Trinajstić information content (AvgIpc) is 2.96. The van der Waals surface area contributed by atoms with Crippen LogP contribution in [0, 0.1) is 10.1 Å². The summed E-state index contributed by atoms with van der Waals surface area (Å²) in [6.07, 6.45) is 1.16. The Bertz CT molecular complexity index is 550. The lowest BCUT2D eigenvalue weighted by Crippen LogP contribution is -2.27. The molecule has 0 aliphatic carbocycles. The Labute approximate surface area is 105 Å². The third kappa shape index (κ3) is 3.10. The molecule has 0 spiro atoms.